The van der Waals surface area contributed by atoms with E-state index in [1.54, 1.807) is 33.3 Å². The van der Waals surface area contributed by atoms with Gasteiger partial charge >= 0.3 is 0 Å². The van der Waals surface area contributed by atoms with Crippen molar-refractivity contribution in [3.05, 3.63) is 40.2 Å². The lowest BCUT2D eigenvalue weighted by molar-refractivity contribution is -0.840. The van der Waals surface area contributed by atoms with Gasteiger partial charge in [-0.05, 0) is 6.07 Å². The second-order valence-corrected chi connectivity index (χ2v) is 3.90. The van der Waals surface area contributed by atoms with Gasteiger partial charge in [-0.2, -0.15) is 0 Å². The minimum Gasteiger partial charge on any atom is -0.634 e. The van der Waals surface area contributed by atoms with Crippen LogP contribution in [0.5, 0.6) is 0 Å². The summed E-state index contributed by atoms with van der Waals surface area (Å²) < 4.78 is -0.467. The molecule has 0 radical (unpaired) electrons. The second-order valence-electron chi connectivity index (χ2n) is 3.90. The van der Waals surface area contributed by atoms with Crippen LogP contribution in [-0.2, 0) is 6.54 Å². The fraction of sp³-hybridized carbons (Fsp3) is 0.400. The zero-order chi connectivity index (χ0) is 10.8. The molecule has 1 atom stereocenters. The Hall–Kier alpha value is -0.940. The molecule has 0 amide bonds. The number of hydroxylamine groups is 4. The summed E-state index contributed by atoms with van der Waals surface area (Å²) in [6.45, 7) is 0.397. The van der Waals surface area contributed by atoms with Gasteiger partial charge < -0.3 is 20.1 Å². The predicted molar refractivity (Wildman–Crippen MR) is 57.4 cm³/mol. The van der Waals surface area contributed by atoms with E-state index in [4.69, 9.17) is 0 Å². The first-order valence-corrected chi connectivity index (χ1v) is 4.53. The summed E-state index contributed by atoms with van der Waals surface area (Å²) in [7, 11) is 4.67. The molecule has 0 fully saturated rings. The molecule has 0 spiro atoms. The van der Waals surface area contributed by atoms with E-state index >= 15 is 0 Å². The number of hydrogen-bond donors (Lipinski definition) is 1. The van der Waals surface area contributed by atoms with Crippen LogP contribution in [0.25, 0.3) is 0 Å². The van der Waals surface area contributed by atoms with Gasteiger partial charge in [0, 0.05) is 11.6 Å². The van der Waals surface area contributed by atoms with E-state index in [-0.39, 0.29) is 5.06 Å². The van der Waals surface area contributed by atoms with Gasteiger partial charge in [-0.15, -0.1) is 0 Å². The van der Waals surface area contributed by atoms with Crippen molar-refractivity contribution < 1.29 is 5.06 Å². The van der Waals surface area contributed by atoms with Gasteiger partial charge in [0.15, 0.2) is 0 Å². The Bertz CT molecular complexity index is 305. The molecule has 78 valence electrons. The number of benzene rings is 1. The van der Waals surface area contributed by atoms with E-state index in [9.17, 15) is 10.4 Å². The summed E-state index contributed by atoms with van der Waals surface area (Å²) in [4.78, 5) is 0. The molecule has 1 N–H and O–H groups in total. The summed E-state index contributed by atoms with van der Waals surface area (Å²) in [5.74, 6) is 0. The molecule has 0 saturated heterocycles. The summed E-state index contributed by atoms with van der Waals surface area (Å²) in [6.07, 6.45) is 0. The summed E-state index contributed by atoms with van der Waals surface area (Å²) in [6, 6.07) is 7.23. The van der Waals surface area contributed by atoms with Crippen molar-refractivity contribution >= 4 is 5.69 Å². The second kappa shape index (κ2) is 4.06. The third-order valence-corrected chi connectivity index (χ3v) is 1.99. The van der Waals surface area contributed by atoms with Crippen LogP contribution >= 0.6 is 0 Å². The molecule has 0 aliphatic rings. The zero-order valence-electron chi connectivity index (χ0n) is 8.78. The fourth-order valence-electron chi connectivity index (χ4n) is 1.29. The molecular weight excluding hydrogens is 180 g/mol. The Balaban J connectivity index is 2.90. The van der Waals surface area contributed by atoms with E-state index in [0.29, 0.717) is 12.2 Å². The van der Waals surface area contributed by atoms with Crippen molar-refractivity contribution in [2.24, 2.45) is 0 Å². The van der Waals surface area contributed by atoms with E-state index in [2.05, 4.69) is 0 Å². The van der Waals surface area contributed by atoms with Gasteiger partial charge in [-0.25, -0.2) is 0 Å². The highest BCUT2D eigenvalue weighted by atomic mass is 16.5. The quantitative estimate of drug-likeness (QED) is 0.557. The van der Waals surface area contributed by atoms with Crippen LogP contribution in [0, 0.1) is 10.4 Å². The number of hydrogen-bond acceptors (Lipinski definition) is 2. The third kappa shape index (κ3) is 3.08. The number of quaternary nitrogens is 2. The number of nitrogens with one attached hydrogen (secondary N) is 1. The minimum atomic E-state index is -0.467. The topological polar surface area (TPSA) is 50.6 Å². The molecule has 4 heteroatoms. The maximum atomic E-state index is 11.6. The largest absolute Gasteiger partial charge is 0.634 e. The normalized spacial score (nSPS) is 14.1. The summed E-state index contributed by atoms with van der Waals surface area (Å²) >= 11 is 0. The maximum absolute atomic E-state index is 11.6. The van der Waals surface area contributed by atoms with Crippen molar-refractivity contribution in [3.63, 3.8) is 0 Å². The van der Waals surface area contributed by atoms with Gasteiger partial charge in [0.1, 0.15) is 12.2 Å². The molecule has 0 aliphatic carbocycles. The summed E-state index contributed by atoms with van der Waals surface area (Å²) in [5.41, 5.74) is 1.57. The van der Waals surface area contributed by atoms with Crippen LogP contribution in [0.1, 0.15) is 5.56 Å². The van der Waals surface area contributed by atoms with Crippen LogP contribution in [0.2, 0.25) is 0 Å². The molecule has 0 heterocycles. The van der Waals surface area contributed by atoms with Crippen LogP contribution in [0.4, 0.5) is 5.69 Å². The van der Waals surface area contributed by atoms with Crippen molar-refractivity contribution in [3.8, 4) is 0 Å². The third-order valence-electron chi connectivity index (χ3n) is 1.99. The highest BCUT2D eigenvalue weighted by Gasteiger charge is 2.08. The lowest BCUT2D eigenvalue weighted by Crippen LogP contribution is -3.02. The van der Waals surface area contributed by atoms with Gasteiger partial charge in [0.05, 0.1) is 21.1 Å². The molecule has 1 aromatic carbocycles. The van der Waals surface area contributed by atoms with Crippen molar-refractivity contribution in [1.29, 1.82) is 0 Å². The highest BCUT2D eigenvalue weighted by molar-refractivity contribution is 5.44. The molecular formula is C10H16N2O2. The smallest absolute Gasteiger partial charge is 0.132 e. The van der Waals surface area contributed by atoms with Crippen molar-refractivity contribution in [1.82, 2.24) is 4.65 Å². The average Bonchev–Trinajstić information content (AvgIpc) is 2.01. The van der Waals surface area contributed by atoms with Gasteiger partial charge in [-0.3, -0.25) is 0 Å². The lowest BCUT2D eigenvalue weighted by Gasteiger charge is -2.33. The maximum Gasteiger partial charge on any atom is 0.132 e. The molecule has 14 heavy (non-hydrogen) atoms. The predicted octanol–water partition coefficient (Wildman–Crippen LogP) is 0.264. The average molecular weight is 196 g/mol. The molecule has 0 aromatic heterocycles. The van der Waals surface area contributed by atoms with Crippen LogP contribution < -0.4 is 9.71 Å². The Morgan fingerprint density at radius 3 is 2.50 bits per heavy atom. The first kappa shape index (κ1) is 11.1. The summed E-state index contributed by atoms with van der Waals surface area (Å²) in [5, 5.41) is 22.6. The molecule has 1 aromatic rings. The van der Waals surface area contributed by atoms with Crippen molar-refractivity contribution in [2.75, 3.05) is 21.1 Å². The monoisotopic (exact) mass is 196 g/mol. The van der Waals surface area contributed by atoms with Crippen LogP contribution in [-0.4, -0.2) is 21.1 Å². The van der Waals surface area contributed by atoms with Gasteiger partial charge in [0.25, 0.3) is 0 Å². The number of nitrogens with zero attached hydrogens (tertiary/aromatic N) is 1. The molecule has 0 bridgehead atoms. The highest BCUT2D eigenvalue weighted by Crippen LogP contribution is 2.18. The Morgan fingerprint density at radius 2 is 2.00 bits per heavy atom. The lowest BCUT2D eigenvalue weighted by atomic mass is 10.2. The Kier molecular flexibility index (Phi) is 3.23. The SMILES string of the molecule is C[NH+]([O-])Cc1cccc([N+](C)(C)[O-])c1. The van der Waals surface area contributed by atoms with Gasteiger partial charge in [-0.1, -0.05) is 12.1 Å². The standard InChI is InChI=1S/C10H16N2O2/c1-11(13)8-9-5-4-6-10(7-9)12(2,3)14/h4-7,11H,8H2,1-3H3. The van der Waals surface area contributed by atoms with Crippen molar-refractivity contribution in [2.45, 2.75) is 6.54 Å². The Morgan fingerprint density at radius 1 is 1.36 bits per heavy atom. The number of rotatable bonds is 3. The van der Waals surface area contributed by atoms with E-state index in [1.807, 2.05) is 12.1 Å². The molecule has 1 rings (SSSR count). The van der Waals surface area contributed by atoms with E-state index in [1.165, 1.54) is 0 Å². The van der Waals surface area contributed by atoms with E-state index in [0.717, 1.165) is 5.56 Å². The molecule has 0 aliphatic heterocycles. The molecule has 0 saturated carbocycles. The van der Waals surface area contributed by atoms with Gasteiger partial charge in [0.2, 0.25) is 0 Å². The minimum absolute atomic E-state index is 0.110. The van der Waals surface area contributed by atoms with Crippen LogP contribution in [0.3, 0.4) is 0 Å². The molecule has 4 nitrogen and oxygen atoms in total. The fourth-order valence-corrected chi connectivity index (χ4v) is 1.29. The van der Waals surface area contributed by atoms with Crippen LogP contribution in [0.15, 0.2) is 24.3 Å². The first-order valence-electron chi connectivity index (χ1n) is 4.53. The first-order chi connectivity index (χ1) is 6.39. The Labute approximate surface area is 84.1 Å². The van der Waals surface area contributed by atoms with E-state index < -0.39 is 4.65 Å². The zero-order valence-corrected chi connectivity index (χ0v) is 8.78. The molecule has 1 unspecified atom stereocenters.